The minimum Gasteiger partial charge on any atom is -0.206 e. The molecule has 0 spiro atoms. The number of aryl methyl sites for hydroxylation is 1. The molecule has 0 saturated carbocycles. The molecule has 0 aromatic heterocycles. The molecule has 3 rings (SSSR count). The van der Waals surface area contributed by atoms with Crippen molar-refractivity contribution in [3.8, 4) is 22.3 Å². The first kappa shape index (κ1) is 20.2. The van der Waals surface area contributed by atoms with Crippen LogP contribution < -0.4 is 0 Å². The highest BCUT2D eigenvalue weighted by molar-refractivity contribution is 6.31. The fourth-order valence-electron chi connectivity index (χ4n) is 2.99. The van der Waals surface area contributed by atoms with Crippen molar-refractivity contribution < 1.29 is 17.6 Å². The van der Waals surface area contributed by atoms with Crippen LogP contribution in [0.2, 0.25) is 5.02 Å². The fraction of sp³-hybridized carbons (Fsp3) is 0.130. The van der Waals surface area contributed by atoms with Crippen LogP contribution in [0.3, 0.4) is 0 Å². The molecular weight excluding hydrogens is 388 g/mol. The van der Waals surface area contributed by atoms with Crippen molar-refractivity contribution in [2.75, 3.05) is 0 Å². The molecule has 3 aromatic rings. The molecule has 0 N–H and O–H groups in total. The van der Waals surface area contributed by atoms with E-state index in [1.807, 2.05) is 19.1 Å². The second-order valence-electron chi connectivity index (χ2n) is 6.37. The second-order valence-corrected chi connectivity index (χ2v) is 6.75. The van der Waals surface area contributed by atoms with Crippen LogP contribution in [-0.4, -0.2) is 0 Å². The summed E-state index contributed by atoms with van der Waals surface area (Å²) in [6.07, 6.45) is 5.46. The van der Waals surface area contributed by atoms with Gasteiger partial charge in [0.1, 0.15) is 28.3 Å². The Bertz CT molecular complexity index is 1020. The van der Waals surface area contributed by atoms with E-state index >= 15 is 0 Å². The third-order valence-electron chi connectivity index (χ3n) is 4.44. The van der Waals surface area contributed by atoms with Crippen LogP contribution >= 0.6 is 11.6 Å². The number of benzene rings is 3. The van der Waals surface area contributed by atoms with Gasteiger partial charge in [-0.05, 0) is 60.7 Å². The Morgan fingerprint density at radius 3 is 1.93 bits per heavy atom. The molecule has 0 heterocycles. The maximum Gasteiger partial charge on any atom is 0.145 e. The van der Waals surface area contributed by atoms with Gasteiger partial charge in [-0.3, -0.25) is 0 Å². The van der Waals surface area contributed by atoms with Crippen molar-refractivity contribution in [1.82, 2.24) is 0 Å². The van der Waals surface area contributed by atoms with E-state index in [-0.39, 0.29) is 16.7 Å². The Balaban J connectivity index is 1.92. The molecule has 144 valence electrons. The second kappa shape index (κ2) is 8.61. The number of allylic oxidation sites excluding steroid dienone is 2. The van der Waals surface area contributed by atoms with E-state index in [0.29, 0.717) is 12.0 Å². The van der Waals surface area contributed by atoms with Crippen LogP contribution in [-0.2, 0) is 6.42 Å². The van der Waals surface area contributed by atoms with Gasteiger partial charge in [0, 0.05) is 11.1 Å². The van der Waals surface area contributed by atoms with Crippen molar-refractivity contribution in [2.45, 2.75) is 19.8 Å². The normalized spacial score (nSPS) is 11.4. The summed E-state index contributed by atoms with van der Waals surface area (Å²) in [5, 5.41) is -0.641. The molecule has 3 aromatic carbocycles. The van der Waals surface area contributed by atoms with Crippen molar-refractivity contribution in [3.05, 3.63) is 94.5 Å². The highest BCUT2D eigenvalue weighted by Crippen LogP contribution is 2.32. The number of rotatable bonds is 5. The summed E-state index contributed by atoms with van der Waals surface area (Å²) in [4.78, 5) is 0. The first-order valence-corrected chi connectivity index (χ1v) is 9.13. The molecule has 0 bridgehead atoms. The summed E-state index contributed by atoms with van der Waals surface area (Å²) in [5.74, 6) is -3.11. The molecule has 0 nitrogen and oxygen atoms in total. The average molecular weight is 405 g/mol. The Kier molecular flexibility index (Phi) is 6.20. The van der Waals surface area contributed by atoms with Crippen LogP contribution in [0, 0.1) is 23.3 Å². The molecule has 0 aliphatic heterocycles. The Morgan fingerprint density at radius 2 is 1.32 bits per heavy atom. The van der Waals surface area contributed by atoms with Gasteiger partial charge in [-0.1, -0.05) is 48.0 Å². The van der Waals surface area contributed by atoms with E-state index in [9.17, 15) is 17.6 Å². The number of hydrogen-bond donors (Lipinski definition) is 0. The zero-order valence-corrected chi connectivity index (χ0v) is 15.8. The first-order chi connectivity index (χ1) is 13.4. The molecule has 0 aliphatic carbocycles. The van der Waals surface area contributed by atoms with E-state index in [1.165, 1.54) is 18.2 Å². The van der Waals surface area contributed by atoms with Crippen LogP contribution in [0.25, 0.3) is 22.3 Å². The molecular formula is C23H17ClF4. The Hall–Kier alpha value is -2.59. The summed E-state index contributed by atoms with van der Waals surface area (Å²) in [5.41, 5.74) is 1.47. The summed E-state index contributed by atoms with van der Waals surface area (Å²) in [6, 6.07) is 10.8. The van der Waals surface area contributed by atoms with Crippen LogP contribution in [0.1, 0.15) is 18.9 Å². The molecule has 0 amide bonds. The maximum absolute atomic E-state index is 14.6. The topological polar surface area (TPSA) is 0 Å². The van der Waals surface area contributed by atoms with Gasteiger partial charge in [-0.15, -0.1) is 0 Å². The van der Waals surface area contributed by atoms with Gasteiger partial charge < -0.3 is 0 Å². The molecule has 0 aliphatic rings. The lowest BCUT2D eigenvalue weighted by Crippen LogP contribution is -1.93. The van der Waals surface area contributed by atoms with Gasteiger partial charge in [-0.2, -0.15) is 0 Å². The van der Waals surface area contributed by atoms with Crippen molar-refractivity contribution in [3.63, 3.8) is 0 Å². The van der Waals surface area contributed by atoms with Gasteiger partial charge in [0.2, 0.25) is 0 Å². The number of halogens is 5. The van der Waals surface area contributed by atoms with Gasteiger partial charge in [0.25, 0.3) is 0 Å². The Labute approximate surface area is 166 Å². The zero-order valence-electron chi connectivity index (χ0n) is 15.1. The SMILES string of the molecule is C/C=C/CCc1ccc(-c2ccc(-c3cc(F)c(Cl)c(F)c3)c(F)c2)c(F)c1. The van der Waals surface area contributed by atoms with Crippen molar-refractivity contribution >= 4 is 11.6 Å². The zero-order chi connectivity index (χ0) is 20.3. The smallest absolute Gasteiger partial charge is 0.145 e. The molecule has 28 heavy (non-hydrogen) atoms. The van der Waals surface area contributed by atoms with Gasteiger partial charge >= 0.3 is 0 Å². The predicted molar refractivity (Wildman–Crippen MR) is 105 cm³/mol. The van der Waals surface area contributed by atoms with Gasteiger partial charge in [-0.25, -0.2) is 17.6 Å². The molecule has 5 heteroatoms. The number of hydrogen-bond acceptors (Lipinski definition) is 0. The molecule has 0 unspecified atom stereocenters. The van der Waals surface area contributed by atoms with E-state index < -0.39 is 28.3 Å². The minimum atomic E-state index is -0.973. The van der Waals surface area contributed by atoms with Crippen molar-refractivity contribution in [1.29, 1.82) is 0 Å². The standard InChI is InChI=1S/C23H17ClF4/c1-2-3-4-5-14-6-8-17(19(25)10-14)15-7-9-18(20(26)11-15)16-12-21(27)23(24)22(28)13-16/h2-3,6-13H,4-5H2,1H3/b3-2+. The van der Waals surface area contributed by atoms with E-state index in [1.54, 1.807) is 12.1 Å². The van der Waals surface area contributed by atoms with E-state index in [0.717, 1.165) is 30.2 Å². The van der Waals surface area contributed by atoms with Gasteiger partial charge in [0.05, 0.1) is 0 Å². The highest BCUT2D eigenvalue weighted by Gasteiger charge is 2.14. The van der Waals surface area contributed by atoms with Crippen LogP contribution in [0.4, 0.5) is 17.6 Å². The minimum absolute atomic E-state index is 0.00148. The highest BCUT2D eigenvalue weighted by atomic mass is 35.5. The summed E-state index contributed by atoms with van der Waals surface area (Å²) in [7, 11) is 0. The van der Waals surface area contributed by atoms with E-state index in [2.05, 4.69) is 0 Å². The molecule has 0 atom stereocenters. The first-order valence-electron chi connectivity index (χ1n) is 8.75. The van der Waals surface area contributed by atoms with E-state index in [4.69, 9.17) is 11.6 Å². The van der Waals surface area contributed by atoms with Crippen molar-refractivity contribution in [2.24, 2.45) is 0 Å². The lowest BCUT2D eigenvalue weighted by Gasteiger charge is -2.10. The average Bonchev–Trinajstić information content (AvgIpc) is 2.66. The third kappa shape index (κ3) is 4.28. The summed E-state index contributed by atoms with van der Waals surface area (Å²) >= 11 is 5.46. The summed E-state index contributed by atoms with van der Waals surface area (Å²) < 4.78 is 56.4. The predicted octanol–water partition coefficient (Wildman–Crippen LogP) is 7.74. The van der Waals surface area contributed by atoms with Crippen LogP contribution in [0.15, 0.2) is 60.7 Å². The monoisotopic (exact) mass is 404 g/mol. The van der Waals surface area contributed by atoms with Gasteiger partial charge in [0.15, 0.2) is 0 Å². The lowest BCUT2D eigenvalue weighted by molar-refractivity contribution is 0.584. The maximum atomic E-state index is 14.6. The molecule has 0 saturated heterocycles. The summed E-state index contributed by atoms with van der Waals surface area (Å²) in [6.45, 7) is 1.93. The molecule has 0 radical (unpaired) electrons. The lowest BCUT2D eigenvalue weighted by atomic mass is 9.97. The van der Waals surface area contributed by atoms with Crippen LogP contribution in [0.5, 0.6) is 0 Å². The third-order valence-corrected chi connectivity index (χ3v) is 4.80. The quantitative estimate of drug-likeness (QED) is 0.232. The Morgan fingerprint density at radius 1 is 0.750 bits per heavy atom. The fourth-order valence-corrected chi connectivity index (χ4v) is 3.10. The molecule has 0 fully saturated rings. The largest absolute Gasteiger partial charge is 0.206 e.